The summed E-state index contributed by atoms with van der Waals surface area (Å²) in [6.07, 6.45) is 0.839. The van der Waals surface area contributed by atoms with Crippen molar-refractivity contribution in [1.82, 2.24) is 4.57 Å². The Morgan fingerprint density at radius 2 is 2.04 bits per heavy atom. The molecular weight excluding hydrogens is 362 g/mol. The van der Waals surface area contributed by atoms with E-state index in [-0.39, 0.29) is 11.7 Å². The van der Waals surface area contributed by atoms with Crippen molar-refractivity contribution < 1.29 is 19.4 Å². The number of rotatable bonds is 4. The lowest BCUT2D eigenvalue weighted by molar-refractivity contribution is 0.0695. The monoisotopic (exact) mass is 379 g/mol. The van der Waals surface area contributed by atoms with Gasteiger partial charge >= 0.3 is 5.97 Å². The minimum Gasteiger partial charge on any atom is -0.493 e. The van der Waals surface area contributed by atoms with Crippen molar-refractivity contribution in [1.29, 1.82) is 0 Å². The molecule has 122 valence electrons. The number of hydrogen-bond donors (Lipinski definition) is 1. The lowest BCUT2D eigenvalue weighted by Crippen LogP contribution is -2.13. The molecule has 0 fully saturated rings. The number of halogens is 1. The Morgan fingerprint density at radius 3 is 2.65 bits per heavy atom. The van der Waals surface area contributed by atoms with Gasteiger partial charge in [-0.25, -0.2) is 4.79 Å². The summed E-state index contributed by atoms with van der Waals surface area (Å²) < 4.78 is 13.9. The van der Waals surface area contributed by atoms with Crippen LogP contribution in [0.1, 0.15) is 29.8 Å². The molecule has 1 aliphatic rings. The number of methoxy groups -OCH3 is 1. The Hall–Kier alpha value is -1.95. The van der Waals surface area contributed by atoms with Crippen LogP contribution in [0.2, 0.25) is 0 Å². The van der Waals surface area contributed by atoms with Gasteiger partial charge in [0.2, 0.25) is 0 Å². The number of carboxylic acid groups (broad SMARTS) is 1. The van der Waals surface area contributed by atoms with E-state index in [0.29, 0.717) is 16.1 Å². The number of carbonyl (C=O) groups is 1. The average molecular weight is 380 g/mol. The maximum Gasteiger partial charge on any atom is 0.338 e. The van der Waals surface area contributed by atoms with E-state index in [1.807, 2.05) is 30.5 Å². The molecule has 0 radical (unpaired) electrons. The molecule has 6 heteroatoms. The third-order valence-corrected chi connectivity index (χ3v) is 4.75. The van der Waals surface area contributed by atoms with Gasteiger partial charge < -0.3 is 19.1 Å². The second-order valence-electron chi connectivity index (χ2n) is 5.77. The molecule has 0 spiro atoms. The van der Waals surface area contributed by atoms with Crippen LogP contribution in [0.4, 0.5) is 0 Å². The molecule has 3 rings (SSSR count). The smallest absolute Gasteiger partial charge is 0.338 e. The predicted octanol–water partition coefficient (Wildman–Crippen LogP) is 3.97. The van der Waals surface area contributed by atoms with Gasteiger partial charge in [0.05, 0.1) is 29.1 Å². The third-order valence-electron chi connectivity index (χ3n) is 3.89. The molecule has 5 nitrogen and oxygen atoms in total. The summed E-state index contributed by atoms with van der Waals surface area (Å²) in [6, 6.07) is 5.63. The highest BCUT2D eigenvalue weighted by molar-refractivity contribution is 9.10. The van der Waals surface area contributed by atoms with Gasteiger partial charge in [0.15, 0.2) is 11.5 Å². The van der Waals surface area contributed by atoms with E-state index in [2.05, 4.69) is 15.9 Å². The van der Waals surface area contributed by atoms with E-state index in [4.69, 9.17) is 9.47 Å². The highest BCUT2D eigenvalue weighted by Crippen LogP contribution is 2.41. The number of ether oxygens (including phenoxy) is 2. The zero-order valence-corrected chi connectivity index (χ0v) is 14.8. The number of aromatic carboxylic acids is 1. The van der Waals surface area contributed by atoms with Crippen LogP contribution in [0.5, 0.6) is 11.5 Å². The first kappa shape index (κ1) is 15.9. The van der Waals surface area contributed by atoms with Crippen LogP contribution in [0.15, 0.2) is 22.8 Å². The Bertz CT molecular complexity index is 779. The average Bonchev–Trinajstić information content (AvgIpc) is 2.84. The summed E-state index contributed by atoms with van der Waals surface area (Å²) in [6.45, 7) is 4.64. The standard InChI is InChI=1S/C17H18BrNO4/c1-9(2)23-15-8-11-10(6-14(15)22-3)4-5-19-13(11)7-12(16(19)18)17(20)21/h6-9H,4-5H2,1-3H3,(H,20,21). The molecule has 0 saturated heterocycles. The van der Waals surface area contributed by atoms with E-state index in [1.165, 1.54) is 0 Å². The Balaban J connectivity index is 2.17. The Morgan fingerprint density at radius 1 is 1.30 bits per heavy atom. The highest BCUT2D eigenvalue weighted by atomic mass is 79.9. The van der Waals surface area contributed by atoms with E-state index in [1.54, 1.807) is 13.2 Å². The fourth-order valence-corrected chi connectivity index (χ4v) is 3.55. The fourth-order valence-electron chi connectivity index (χ4n) is 2.90. The maximum atomic E-state index is 11.4. The van der Waals surface area contributed by atoms with Crippen molar-refractivity contribution in [3.05, 3.63) is 33.9 Å². The number of aromatic nitrogens is 1. The first-order valence-corrected chi connectivity index (χ1v) is 8.22. The van der Waals surface area contributed by atoms with Crippen molar-refractivity contribution in [2.75, 3.05) is 7.11 Å². The van der Waals surface area contributed by atoms with Crippen LogP contribution in [-0.4, -0.2) is 28.9 Å². The molecule has 0 aliphatic carbocycles. The summed E-state index contributed by atoms with van der Waals surface area (Å²) in [5.41, 5.74) is 3.27. The number of benzene rings is 1. The lowest BCUT2D eigenvalue weighted by Gasteiger charge is -2.23. The van der Waals surface area contributed by atoms with Crippen molar-refractivity contribution in [3.8, 4) is 22.8 Å². The van der Waals surface area contributed by atoms with Gasteiger partial charge in [-0.15, -0.1) is 0 Å². The molecule has 1 N–H and O–H groups in total. The summed E-state index contributed by atoms with van der Waals surface area (Å²) in [4.78, 5) is 11.4. The zero-order chi connectivity index (χ0) is 16.7. The molecule has 0 saturated carbocycles. The lowest BCUT2D eigenvalue weighted by atomic mass is 9.97. The molecule has 1 aromatic heterocycles. The Kier molecular flexibility index (Phi) is 4.10. The van der Waals surface area contributed by atoms with Gasteiger partial charge in [-0.2, -0.15) is 0 Å². The van der Waals surface area contributed by atoms with E-state index in [9.17, 15) is 9.90 Å². The van der Waals surface area contributed by atoms with Crippen molar-refractivity contribution in [2.24, 2.45) is 0 Å². The van der Waals surface area contributed by atoms with Gasteiger partial charge in [-0.05, 0) is 60.0 Å². The van der Waals surface area contributed by atoms with Crippen LogP contribution in [-0.2, 0) is 13.0 Å². The second kappa shape index (κ2) is 5.92. The third kappa shape index (κ3) is 2.72. The van der Waals surface area contributed by atoms with Crippen LogP contribution in [0, 0.1) is 0 Å². The number of carboxylic acids is 1. The summed E-state index contributed by atoms with van der Waals surface area (Å²) in [7, 11) is 1.62. The number of aryl methyl sites for hydroxylation is 1. The van der Waals surface area contributed by atoms with Gasteiger partial charge in [-0.1, -0.05) is 0 Å². The van der Waals surface area contributed by atoms with E-state index >= 15 is 0 Å². The number of fused-ring (bicyclic) bond motifs is 3. The SMILES string of the molecule is COc1cc2c(cc1OC(C)C)-c1cc(C(=O)O)c(Br)n1CC2. The molecule has 2 aromatic rings. The van der Waals surface area contributed by atoms with Crippen LogP contribution >= 0.6 is 15.9 Å². The minimum atomic E-state index is -0.938. The summed E-state index contributed by atoms with van der Waals surface area (Å²) in [5.74, 6) is 0.436. The molecule has 0 bridgehead atoms. The number of hydrogen-bond acceptors (Lipinski definition) is 3. The molecule has 0 amide bonds. The van der Waals surface area contributed by atoms with Gasteiger partial charge in [-0.3, -0.25) is 0 Å². The van der Waals surface area contributed by atoms with Crippen molar-refractivity contribution >= 4 is 21.9 Å². The fraction of sp³-hybridized carbons (Fsp3) is 0.353. The molecular formula is C17H18BrNO4. The maximum absolute atomic E-state index is 11.4. The van der Waals surface area contributed by atoms with E-state index in [0.717, 1.165) is 29.8 Å². The van der Waals surface area contributed by atoms with Gasteiger partial charge in [0.1, 0.15) is 0 Å². The van der Waals surface area contributed by atoms with Crippen LogP contribution in [0.25, 0.3) is 11.3 Å². The van der Waals surface area contributed by atoms with Crippen LogP contribution < -0.4 is 9.47 Å². The molecule has 1 aromatic carbocycles. The zero-order valence-electron chi connectivity index (χ0n) is 13.2. The quantitative estimate of drug-likeness (QED) is 0.872. The largest absolute Gasteiger partial charge is 0.493 e. The normalized spacial score (nSPS) is 12.7. The summed E-state index contributed by atoms with van der Waals surface area (Å²) >= 11 is 3.40. The molecule has 1 aliphatic heterocycles. The first-order chi connectivity index (χ1) is 10.9. The predicted molar refractivity (Wildman–Crippen MR) is 90.5 cm³/mol. The minimum absolute atomic E-state index is 0.0265. The molecule has 0 atom stereocenters. The Labute approximate surface area is 143 Å². The second-order valence-corrected chi connectivity index (χ2v) is 6.52. The van der Waals surface area contributed by atoms with Crippen LogP contribution in [0.3, 0.4) is 0 Å². The molecule has 2 heterocycles. The van der Waals surface area contributed by atoms with Crippen molar-refractivity contribution in [2.45, 2.75) is 32.9 Å². The van der Waals surface area contributed by atoms with E-state index < -0.39 is 5.97 Å². The summed E-state index contributed by atoms with van der Waals surface area (Å²) in [5, 5.41) is 9.33. The highest BCUT2D eigenvalue weighted by Gasteiger charge is 2.25. The van der Waals surface area contributed by atoms with Gasteiger partial charge in [0, 0.05) is 12.1 Å². The first-order valence-electron chi connectivity index (χ1n) is 7.42. The van der Waals surface area contributed by atoms with Gasteiger partial charge in [0.25, 0.3) is 0 Å². The molecule has 23 heavy (non-hydrogen) atoms. The number of nitrogens with zero attached hydrogens (tertiary/aromatic N) is 1. The topological polar surface area (TPSA) is 60.7 Å². The molecule has 0 unspecified atom stereocenters. The van der Waals surface area contributed by atoms with Crippen molar-refractivity contribution in [3.63, 3.8) is 0 Å².